The second-order valence-corrected chi connectivity index (χ2v) is 2.32. The molecule has 3 heteroatoms. The monoisotopic (exact) mass is 179 g/mol. The van der Waals surface area contributed by atoms with E-state index in [-0.39, 0.29) is 11.8 Å². The van der Waals surface area contributed by atoms with Crippen LogP contribution in [0.4, 0.5) is 0 Å². The summed E-state index contributed by atoms with van der Waals surface area (Å²) in [6, 6.07) is 0. The third-order valence-electron chi connectivity index (χ3n) is 0.925. The number of hydrogen-bond donors (Lipinski definition) is 1. The normalized spacial score (nSPS) is 12.9. The van der Waals surface area contributed by atoms with Gasteiger partial charge in [0, 0.05) is 18.3 Å². The van der Waals surface area contributed by atoms with Gasteiger partial charge in [0.1, 0.15) is 0 Å². The van der Waals surface area contributed by atoms with Crippen LogP contribution < -0.4 is 5.32 Å². The molecule has 0 bridgehead atoms. The van der Waals surface area contributed by atoms with Gasteiger partial charge in [0.2, 0.25) is 5.91 Å². The minimum absolute atomic E-state index is 0.0833. The van der Waals surface area contributed by atoms with Gasteiger partial charge in [0.25, 0.3) is 0 Å². The van der Waals surface area contributed by atoms with Gasteiger partial charge in [0.15, 0.2) is 0 Å². The van der Waals surface area contributed by atoms with Crippen LogP contribution in [-0.4, -0.2) is 18.3 Å². The van der Waals surface area contributed by atoms with E-state index < -0.39 is 0 Å². The van der Waals surface area contributed by atoms with E-state index in [9.17, 15) is 4.79 Å². The van der Waals surface area contributed by atoms with Crippen molar-refractivity contribution in [1.82, 2.24) is 5.32 Å². The lowest BCUT2D eigenvalue weighted by molar-refractivity contribution is -0.123. The molecule has 0 aliphatic heterocycles. The van der Waals surface area contributed by atoms with Gasteiger partial charge in [0.05, 0.1) is 0 Å². The average Bonchev–Trinajstić information content (AvgIpc) is 1.84. The Hall–Kier alpha value is -0.0500. The van der Waals surface area contributed by atoms with Gasteiger partial charge in [-0.3, -0.25) is 4.79 Å². The molecule has 1 amide bonds. The van der Waals surface area contributed by atoms with E-state index in [1.807, 2.05) is 6.92 Å². The van der Waals surface area contributed by atoms with Crippen molar-refractivity contribution in [2.75, 3.05) is 12.4 Å². The number of amides is 1. The summed E-state index contributed by atoms with van der Waals surface area (Å²) in [6.45, 7) is 1.87. The number of carbonyl (C=O) groups excluding carboxylic acids is 1. The van der Waals surface area contributed by atoms with E-state index in [1.54, 1.807) is 7.05 Å². The molecule has 8 heavy (non-hydrogen) atoms. The number of carbonyl (C=O) groups is 1. The summed E-state index contributed by atoms with van der Waals surface area (Å²) >= 11 is 3.20. The second kappa shape index (κ2) is 3.89. The fourth-order valence-electron chi connectivity index (χ4n) is 0.316. The van der Waals surface area contributed by atoms with E-state index >= 15 is 0 Å². The fourth-order valence-corrected chi connectivity index (χ4v) is 0.611. The minimum Gasteiger partial charge on any atom is -0.359 e. The maximum absolute atomic E-state index is 10.6. The molecule has 0 aromatic carbocycles. The van der Waals surface area contributed by atoms with Crippen molar-refractivity contribution in [3.63, 3.8) is 0 Å². The summed E-state index contributed by atoms with van der Waals surface area (Å²) in [5.74, 6) is 0.168. The summed E-state index contributed by atoms with van der Waals surface area (Å²) in [5.41, 5.74) is 0. The van der Waals surface area contributed by atoms with E-state index in [1.165, 1.54) is 0 Å². The van der Waals surface area contributed by atoms with Crippen molar-refractivity contribution in [3.05, 3.63) is 0 Å². The molecule has 1 N–H and O–H groups in total. The number of rotatable bonds is 2. The first kappa shape index (κ1) is 7.95. The maximum Gasteiger partial charge on any atom is 0.223 e. The molecular formula is C5H10BrNO. The van der Waals surface area contributed by atoms with Gasteiger partial charge in [-0.25, -0.2) is 0 Å². The van der Waals surface area contributed by atoms with Crippen LogP contribution in [0.2, 0.25) is 0 Å². The molecule has 0 unspecified atom stereocenters. The SMILES string of the molecule is CNC(=O)[C@H](C)CBr. The van der Waals surface area contributed by atoms with E-state index in [2.05, 4.69) is 21.2 Å². The lowest BCUT2D eigenvalue weighted by atomic mass is 10.2. The number of hydrogen-bond acceptors (Lipinski definition) is 1. The van der Waals surface area contributed by atoms with Crippen LogP contribution in [0.25, 0.3) is 0 Å². The predicted molar refractivity (Wildman–Crippen MR) is 37.0 cm³/mol. The third kappa shape index (κ3) is 2.31. The number of nitrogens with one attached hydrogen (secondary N) is 1. The average molecular weight is 180 g/mol. The van der Waals surface area contributed by atoms with E-state index in [0.717, 1.165) is 5.33 Å². The molecule has 2 nitrogen and oxygen atoms in total. The summed E-state index contributed by atoms with van der Waals surface area (Å²) in [6.07, 6.45) is 0. The molecule has 1 atom stereocenters. The number of halogens is 1. The summed E-state index contributed by atoms with van der Waals surface area (Å²) in [7, 11) is 1.64. The molecular weight excluding hydrogens is 170 g/mol. The molecule has 0 aromatic rings. The lowest BCUT2D eigenvalue weighted by Gasteiger charge is -2.02. The minimum atomic E-state index is 0.0833. The van der Waals surface area contributed by atoms with Crippen molar-refractivity contribution in [1.29, 1.82) is 0 Å². The zero-order valence-corrected chi connectivity index (χ0v) is 6.66. The van der Waals surface area contributed by atoms with Gasteiger partial charge in [-0.05, 0) is 0 Å². The fraction of sp³-hybridized carbons (Fsp3) is 0.800. The topological polar surface area (TPSA) is 29.1 Å². The molecule has 0 aliphatic rings. The molecule has 0 aliphatic carbocycles. The van der Waals surface area contributed by atoms with Crippen LogP contribution in [0, 0.1) is 5.92 Å². The highest BCUT2D eigenvalue weighted by Gasteiger charge is 2.06. The second-order valence-electron chi connectivity index (χ2n) is 1.67. The molecule has 0 spiro atoms. The van der Waals surface area contributed by atoms with Crippen molar-refractivity contribution in [3.8, 4) is 0 Å². The lowest BCUT2D eigenvalue weighted by Crippen LogP contribution is -2.25. The third-order valence-corrected chi connectivity index (χ3v) is 1.90. The summed E-state index contributed by atoms with van der Waals surface area (Å²) in [5, 5.41) is 3.28. The standard InChI is InChI=1S/C5H10BrNO/c1-4(3-6)5(8)7-2/h4H,3H2,1-2H3,(H,7,8)/t4-/m1/s1. The van der Waals surface area contributed by atoms with E-state index in [0.29, 0.717) is 0 Å². The van der Waals surface area contributed by atoms with Crippen molar-refractivity contribution in [2.24, 2.45) is 5.92 Å². The molecule has 0 rings (SSSR count). The van der Waals surface area contributed by atoms with Crippen LogP contribution >= 0.6 is 15.9 Å². The van der Waals surface area contributed by atoms with Crippen LogP contribution in [-0.2, 0) is 4.79 Å². The molecule has 0 saturated carbocycles. The highest BCUT2D eigenvalue weighted by atomic mass is 79.9. The first-order chi connectivity index (χ1) is 3.72. The Morgan fingerprint density at radius 3 is 2.50 bits per heavy atom. The van der Waals surface area contributed by atoms with Crippen LogP contribution in [0.3, 0.4) is 0 Å². The Morgan fingerprint density at radius 1 is 1.88 bits per heavy atom. The van der Waals surface area contributed by atoms with Gasteiger partial charge < -0.3 is 5.32 Å². The zero-order chi connectivity index (χ0) is 6.57. The Labute approximate surface area is 57.8 Å². The van der Waals surface area contributed by atoms with Gasteiger partial charge in [-0.15, -0.1) is 0 Å². The highest BCUT2D eigenvalue weighted by Crippen LogP contribution is 1.97. The Morgan fingerprint density at radius 2 is 2.38 bits per heavy atom. The quantitative estimate of drug-likeness (QED) is 0.624. The molecule has 0 aromatic heterocycles. The van der Waals surface area contributed by atoms with Crippen molar-refractivity contribution < 1.29 is 4.79 Å². The molecule has 48 valence electrons. The van der Waals surface area contributed by atoms with Crippen LogP contribution in [0.1, 0.15) is 6.92 Å². The van der Waals surface area contributed by atoms with Crippen molar-refractivity contribution in [2.45, 2.75) is 6.92 Å². The molecule has 0 radical (unpaired) electrons. The summed E-state index contributed by atoms with van der Waals surface area (Å²) < 4.78 is 0. The van der Waals surface area contributed by atoms with E-state index in [4.69, 9.17) is 0 Å². The number of alkyl halides is 1. The summed E-state index contributed by atoms with van der Waals surface area (Å²) in [4.78, 5) is 10.6. The first-order valence-corrected chi connectivity index (χ1v) is 3.62. The van der Waals surface area contributed by atoms with Gasteiger partial charge in [-0.1, -0.05) is 22.9 Å². The molecule has 0 fully saturated rings. The zero-order valence-electron chi connectivity index (χ0n) is 5.07. The smallest absolute Gasteiger partial charge is 0.223 e. The van der Waals surface area contributed by atoms with Crippen LogP contribution in [0.15, 0.2) is 0 Å². The van der Waals surface area contributed by atoms with Gasteiger partial charge >= 0.3 is 0 Å². The van der Waals surface area contributed by atoms with Gasteiger partial charge in [-0.2, -0.15) is 0 Å². The largest absolute Gasteiger partial charge is 0.359 e. The van der Waals surface area contributed by atoms with Crippen molar-refractivity contribution >= 4 is 21.8 Å². The Kier molecular flexibility index (Phi) is 3.87. The van der Waals surface area contributed by atoms with Crippen LogP contribution in [0.5, 0.6) is 0 Å². The maximum atomic E-state index is 10.6. The highest BCUT2D eigenvalue weighted by molar-refractivity contribution is 9.09. The molecule has 0 heterocycles. The Bertz CT molecular complexity index is 84.5. The molecule has 0 saturated heterocycles. The Balaban J connectivity index is 3.46. The predicted octanol–water partition coefficient (Wildman–Crippen LogP) is 0.763. The first-order valence-electron chi connectivity index (χ1n) is 2.50.